The van der Waals surface area contributed by atoms with Gasteiger partial charge in [-0.25, -0.2) is 27.2 Å². The number of halogens is 2. The van der Waals surface area contributed by atoms with E-state index < -0.39 is 21.7 Å². The average molecular weight is 363 g/mol. The second-order valence-electron chi connectivity index (χ2n) is 4.85. The first kappa shape index (κ1) is 16.8. The van der Waals surface area contributed by atoms with E-state index in [2.05, 4.69) is 14.7 Å². The molecule has 0 spiro atoms. The molecular formula is C16H11F2N3O3S. The Morgan fingerprint density at radius 1 is 0.960 bits per heavy atom. The quantitative estimate of drug-likeness (QED) is 0.752. The molecule has 0 bridgehead atoms. The van der Waals surface area contributed by atoms with Gasteiger partial charge in [-0.1, -0.05) is 18.2 Å². The Bertz CT molecular complexity index is 996. The first-order chi connectivity index (χ1) is 11.9. The number of benzene rings is 2. The van der Waals surface area contributed by atoms with Crippen molar-refractivity contribution in [2.45, 2.75) is 4.90 Å². The highest BCUT2D eigenvalue weighted by Crippen LogP contribution is 2.22. The molecule has 2 aromatic carbocycles. The second-order valence-corrected chi connectivity index (χ2v) is 6.53. The number of nitrogens with one attached hydrogen (secondary N) is 1. The van der Waals surface area contributed by atoms with E-state index in [9.17, 15) is 17.2 Å². The molecule has 1 N–H and O–H groups in total. The van der Waals surface area contributed by atoms with Crippen molar-refractivity contribution in [3.63, 3.8) is 0 Å². The normalized spacial score (nSPS) is 11.1. The molecule has 1 heterocycles. The highest BCUT2D eigenvalue weighted by molar-refractivity contribution is 7.92. The van der Waals surface area contributed by atoms with E-state index in [0.717, 1.165) is 24.5 Å². The molecule has 0 fully saturated rings. The molecule has 0 amide bonds. The summed E-state index contributed by atoms with van der Waals surface area (Å²) in [7, 11) is -3.99. The molecular weight excluding hydrogens is 352 g/mol. The number of ether oxygens (including phenoxy) is 1. The number of anilines is 1. The Labute approximate surface area is 142 Å². The fraction of sp³-hybridized carbons (Fsp3) is 0. The lowest BCUT2D eigenvalue weighted by atomic mass is 10.3. The number of nitrogens with zero attached hydrogens (tertiary/aromatic N) is 2. The zero-order valence-electron chi connectivity index (χ0n) is 12.6. The van der Waals surface area contributed by atoms with Crippen LogP contribution in [0.4, 0.5) is 14.5 Å². The summed E-state index contributed by atoms with van der Waals surface area (Å²) in [5.41, 5.74) is 0.0464. The minimum atomic E-state index is -3.99. The van der Waals surface area contributed by atoms with Crippen LogP contribution in [0.3, 0.4) is 0 Å². The summed E-state index contributed by atoms with van der Waals surface area (Å²) in [6.45, 7) is 0. The van der Waals surface area contributed by atoms with Gasteiger partial charge in [0, 0.05) is 0 Å². The lowest BCUT2D eigenvalue weighted by Gasteiger charge is -2.08. The van der Waals surface area contributed by atoms with Crippen LogP contribution < -0.4 is 9.46 Å². The van der Waals surface area contributed by atoms with Gasteiger partial charge in [-0.3, -0.25) is 4.72 Å². The molecule has 3 rings (SSSR count). The highest BCUT2D eigenvalue weighted by atomic mass is 32.2. The summed E-state index contributed by atoms with van der Waals surface area (Å²) in [5.74, 6) is -1.31. The number of aromatic nitrogens is 2. The molecule has 25 heavy (non-hydrogen) atoms. The molecule has 6 nitrogen and oxygen atoms in total. The Balaban J connectivity index is 1.75. The fourth-order valence-corrected chi connectivity index (χ4v) is 2.95. The predicted molar refractivity (Wildman–Crippen MR) is 85.7 cm³/mol. The molecule has 3 aromatic rings. The van der Waals surface area contributed by atoms with Crippen LogP contribution in [0, 0.1) is 11.6 Å². The Hall–Kier alpha value is -3.07. The number of rotatable bonds is 5. The Morgan fingerprint density at radius 3 is 2.36 bits per heavy atom. The van der Waals surface area contributed by atoms with E-state index in [4.69, 9.17) is 4.74 Å². The molecule has 0 aliphatic heterocycles. The molecule has 0 aliphatic rings. The third kappa shape index (κ3) is 4.07. The molecule has 128 valence electrons. The van der Waals surface area contributed by atoms with Crippen LogP contribution in [-0.2, 0) is 10.0 Å². The summed E-state index contributed by atoms with van der Waals surface area (Å²) in [5, 5.41) is 0. The molecule has 9 heteroatoms. The lowest BCUT2D eigenvalue weighted by molar-refractivity contribution is 0.411. The SMILES string of the molecule is O=S(=O)(Nc1cnc(Oc2ccccc2F)nc1)c1cccc(F)c1. The van der Waals surface area contributed by atoms with Gasteiger partial charge < -0.3 is 4.74 Å². The highest BCUT2D eigenvalue weighted by Gasteiger charge is 2.15. The van der Waals surface area contributed by atoms with Gasteiger partial charge in [-0.2, -0.15) is 0 Å². The lowest BCUT2D eigenvalue weighted by Crippen LogP contribution is -2.13. The van der Waals surface area contributed by atoms with Crippen LogP contribution in [-0.4, -0.2) is 18.4 Å². The number of sulfonamides is 1. The topological polar surface area (TPSA) is 81.2 Å². The van der Waals surface area contributed by atoms with E-state index in [0.29, 0.717) is 0 Å². The maximum absolute atomic E-state index is 13.5. The van der Waals surface area contributed by atoms with Crippen molar-refractivity contribution in [2.75, 3.05) is 4.72 Å². The van der Waals surface area contributed by atoms with Crippen LogP contribution in [0.1, 0.15) is 0 Å². The minimum absolute atomic E-state index is 0.0464. The van der Waals surface area contributed by atoms with Crippen LogP contribution in [0.2, 0.25) is 0 Å². The summed E-state index contributed by atoms with van der Waals surface area (Å²) in [4.78, 5) is 7.38. The van der Waals surface area contributed by atoms with E-state index in [-0.39, 0.29) is 22.3 Å². The molecule has 0 radical (unpaired) electrons. The van der Waals surface area contributed by atoms with Gasteiger partial charge in [0.05, 0.1) is 23.0 Å². The fourth-order valence-electron chi connectivity index (χ4n) is 1.90. The third-order valence-electron chi connectivity index (χ3n) is 3.02. The van der Waals surface area contributed by atoms with E-state index in [1.54, 1.807) is 6.07 Å². The summed E-state index contributed by atoms with van der Waals surface area (Å²) in [6.07, 6.45) is 2.31. The average Bonchev–Trinajstić information content (AvgIpc) is 2.58. The monoisotopic (exact) mass is 363 g/mol. The summed E-state index contributed by atoms with van der Waals surface area (Å²) >= 11 is 0. The number of hydrogen-bond acceptors (Lipinski definition) is 5. The summed E-state index contributed by atoms with van der Waals surface area (Å²) in [6, 6.07) is 10.1. The van der Waals surface area contributed by atoms with E-state index in [1.807, 2.05) is 0 Å². The van der Waals surface area contributed by atoms with Gasteiger partial charge in [0.15, 0.2) is 11.6 Å². The van der Waals surface area contributed by atoms with Gasteiger partial charge in [-0.15, -0.1) is 0 Å². The van der Waals surface area contributed by atoms with Crippen molar-refractivity contribution < 1.29 is 21.9 Å². The first-order valence-corrected chi connectivity index (χ1v) is 8.45. The standard InChI is InChI=1S/C16H11F2N3O3S/c17-11-4-3-5-13(8-11)25(22,23)21-12-9-19-16(20-10-12)24-15-7-2-1-6-14(15)18/h1-10,21H. The molecule has 0 unspecified atom stereocenters. The Kier molecular flexibility index (Phi) is 4.57. The van der Waals surface area contributed by atoms with Gasteiger partial charge in [0.25, 0.3) is 10.0 Å². The van der Waals surface area contributed by atoms with Crippen LogP contribution in [0.25, 0.3) is 0 Å². The largest absolute Gasteiger partial charge is 0.421 e. The molecule has 0 aliphatic carbocycles. The number of para-hydroxylation sites is 1. The van der Waals surface area contributed by atoms with Gasteiger partial charge in [0.2, 0.25) is 0 Å². The molecule has 1 aromatic heterocycles. The van der Waals surface area contributed by atoms with E-state index in [1.165, 1.54) is 30.3 Å². The van der Waals surface area contributed by atoms with Crippen LogP contribution in [0.15, 0.2) is 65.8 Å². The van der Waals surface area contributed by atoms with Crippen molar-refractivity contribution in [1.29, 1.82) is 0 Å². The zero-order chi connectivity index (χ0) is 17.9. The third-order valence-corrected chi connectivity index (χ3v) is 4.40. The van der Waals surface area contributed by atoms with Crippen molar-refractivity contribution >= 4 is 15.7 Å². The maximum Gasteiger partial charge on any atom is 0.322 e. The second kappa shape index (κ2) is 6.81. The first-order valence-electron chi connectivity index (χ1n) is 6.97. The van der Waals surface area contributed by atoms with Crippen LogP contribution in [0.5, 0.6) is 11.8 Å². The summed E-state index contributed by atoms with van der Waals surface area (Å²) < 4.78 is 58.4. The number of hydrogen-bond donors (Lipinski definition) is 1. The van der Waals surface area contributed by atoms with Crippen molar-refractivity contribution in [3.8, 4) is 11.8 Å². The van der Waals surface area contributed by atoms with Crippen molar-refractivity contribution in [1.82, 2.24) is 9.97 Å². The van der Waals surface area contributed by atoms with Crippen molar-refractivity contribution in [2.24, 2.45) is 0 Å². The van der Waals surface area contributed by atoms with Crippen LogP contribution >= 0.6 is 0 Å². The minimum Gasteiger partial charge on any atom is -0.421 e. The van der Waals surface area contributed by atoms with E-state index >= 15 is 0 Å². The molecule has 0 saturated carbocycles. The maximum atomic E-state index is 13.5. The molecule has 0 saturated heterocycles. The van der Waals surface area contributed by atoms with Gasteiger partial charge >= 0.3 is 6.01 Å². The van der Waals surface area contributed by atoms with Gasteiger partial charge in [-0.05, 0) is 30.3 Å². The molecule has 0 atom stereocenters. The Morgan fingerprint density at radius 2 is 1.68 bits per heavy atom. The van der Waals surface area contributed by atoms with Gasteiger partial charge in [0.1, 0.15) is 5.82 Å². The zero-order valence-corrected chi connectivity index (χ0v) is 13.4. The predicted octanol–water partition coefficient (Wildman–Crippen LogP) is 3.35. The smallest absolute Gasteiger partial charge is 0.322 e. The van der Waals surface area contributed by atoms with Crippen molar-refractivity contribution in [3.05, 3.63) is 72.6 Å².